The van der Waals surface area contributed by atoms with Crippen LogP contribution in [-0.2, 0) is 11.3 Å². The third-order valence-electron chi connectivity index (χ3n) is 3.33. The number of halogens is 1. The van der Waals surface area contributed by atoms with Crippen molar-refractivity contribution in [3.8, 4) is 17.6 Å². The lowest BCUT2D eigenvalue weighted by Gasteiger charge is -2.07. The third kappa shape index (κ3) is 5.27. The minimum Gasteiger partial charge on any atom is -0.504 e. The summed E-state index contributed by atoms with van der Waals surface area (Å²) in [6.45, 7) is 2.48. The molecule has 0 saturated carbocycles. The van der Waals surface area contributed by atoms with Gasteiger partial charge in [0.05, 0.1) is 6.61 Å². The van der Waals surface area contributed by atoms with E-state index in [1.807, 2.05) is 6.07 Å². The number of hydrogen-bond acceptors (Lipinski definition) is 4. The zero-order valence-corrected chi connectivity index (χ0v) is 14.4. The summed E-state index contributed by atoms with van der Waals surface area (Å²) in [7, 11) is 0. The van der Waals surface area contributed by atoms with Gasteiger partial charge in [0.2, 0.25) is 0 Å². The van der Waals surface area contributed by atoms with Crippen LogP contribution < -0.4 is 10.1 Å². The van der Waals surface area contributed by atoms with Crippen LogP contribution in [0.1, 0.15) is 18.1 Å². The Balaban J connectivity index is 2.11. The topological polar surface area (TPSA) is 82.3 Å². The minimum atomic E-state index is -0.483. The highest BCUT2D eigenvalue weighted by atomic mass is 35.5. The first-order valence-electron chi connectivity index (χ1n) is 7.63. The van der Waals surface area contributed by atoms with E-state index in [2.05, 4.69) is 5.32 Å². The number of nitriles is 1. The number of benzene rings is 2. The van der Waals surface area contributed by atoms with E-state index >= 15 is 0 Å². The van der Waals surface area contributed by atoms with E-state index in [9.17, 15) is 15.2 Å². The normalized spacial score (nSPS) is 10.8. The number of carbonyl (C=O) groups is 1. The number of ether oxygens (including phenoxy) is 1. The second-order valence-electron chi connectivity index (χ2n) is 5.14. The Morgan fingerprint density at radius 2 is 2.04 bits per heavy atom. The molecular weight excluding hydrogens is 340 g/mol. The van der Waals surface area contributed by atoms with Crippen LogP contribution in [-0.4, -0.2) is 17.6 Å². The zero-order valence-electron chi connectivity index (χ0n) is 13.6. The Hall–Kier alpha value is -2.97. The predicted octanol–water partition coefficient (Wildman–Crippen LogP) is 3.67. The van der Waals surface area contributed by atoms with E-state index in [0.717, 1.165) is 5.56 Å². The molecule has 0 atom stereocenters. The molecule has 0 heterocycles. The van der Waals surface area contributed by atoms with Crippen molar-refractivity contribution in [3.05, 3.63) is 64.2 Å². The van der Waals surface area contributed by atoms with Crippen molar-refractivity contribution in [3.63, 3.8) is 0 Å². The van der Waals surface area contributed by atoms with Crippen LogP contribution in [0.15, 0.2) is 48.0 Å². The Labute approximate surface area is 151 Å². The maximum atomic E-state index is 12.2. The summed E-state index contributed by atoms with van der Waals surface area (Å²) in [4.78, 5) is 12.2. The van der Waals surface area contributed by atoms with Crippen molar-refractivity contribution in [2.75, 3.05) is 6.61 Å². The number of carbonyl (C=O) groups excluding carboxylic acids is 1. The molecule has 25 heavy (non-hydrogen) atoms. The fourth-order valence-corrected chi connectivity index (χ4v) is 2.21. The fourth-order valence-electron chi connectivity index (χ4n) is 2.09. The molecule has 0 aliphatic heterocycles. The van der Waals surface area contributed by atoms with Crippen LogP contribution >= 0.6 is 11.6 Å². The van der Waals surface area contributed by atoms with Gasteiger partial charge in [-0.1, -0.05) is 29.8 Å². The SMILES string of the molecule is CCOc1cc(/C=C(/C#N)C(=O)NCc2ccc(Cl)cc2)ccc1O. The van der Waals surface area contributed by atoms with Crippen LogP contribution in [0.3, 0.4) is 0 Å². The number of phenols is 1. The summed E-state index contributed by atoms with van der Waals surface area (Å²) in [5.74, 6) is -0.178. The Morgan fingerprint density at radius 3 is 2.68 bits per heavy atom. The van der Waals surface area contributed by atoms with E-state index in [1.165, 1.54) is 12.1 Å². The van der Waals surface area contributed by atoms with Gasteiger partial charge in [0.15, 0.2) is 11.5 Å². The maximum absolute atomic E-state index is 12.2. The lowest BCUT2D eigenvalue weighted by molar-refractivity contribution is -0.117. The number of aromatic hydroxyl groups is 1. The molecule has 2 aromatic carbocycles. The molecule has 0 bridgehead atoms. The largest absolute Gasteiger partial charge is 0.504 e. The lowest BCUT2D eigenvalue weighted by atomic mass is 10.1. The van der Waals surface area contributed by atoms with Gasteiger partial charge in [-0.3, -0.25) is 4.79 Å². The highest BCUT2D eigenvalue weighted by molar-refractivity contribution is 6.30. The van der Waals surface area contributed by atoms with Gasteiger partial charge in [-0.25, -0.2) is 0 Å². The summed E-state index contributed by atoms with van der Waals surface area (Å²) < 4.78 is 5.29. The molecule has 2 aromatic rings. The van der Waals surface area contributed by atoms with Gasteiger partial charge in [-0.05, 0) is 48.4 Å². The van der Waals surface area contributed by atoms with Crippen molar-refractivity contribution >= 4 is 23.6 Å². The monoisotopic (exact) mass is 356 g/mol. The molecule has 0 aromatic heterocycles. The second-order valence-corrected chi connectivity index (χ2v) is 5.58. The summed E-state index contributed by atoms with van der Waals surface area (Å²) in [5.41, 5.74) is 1.42. The average molecular weight is 357 g/mol. The Bertz CT molecular complexity index is 824. The molecule has 0 aliphatic rings. The van der Waals surface area contributed by atoms with Gasteiger partial charge in [0.25, 0.3) is 5.91 Å². The molecule has 0 spiro atoms. The van der Waals surface area contributed by atoms with Gasteiger partial charge in [-0.15, -0.1) is 0 Å². The molecule has 5 nitrogen and oxygen atoms in total. The van der Waals surface area contributed by atoms with Crippen molar-refractivity contribution in [1.29, 1.82) is 5.26 Å². The smallest absolute Gasteiger partial charge is 0.262 e. The fraction of sp³-hybridized carbons (Fsp3) is 0.158. The molecule has 0 fully saturated rings. The maximum Gasteiger partial charge on any atom is 0.262 e. The van der Waals surface area contributed by atoms with Gasteiger partial charge < -0.3 is 15.2 Å². The van der Waals surface area contributed by atoms with Crippen molar-refractivity contribution in [2.45, 2.75) is 13.5 Å². The molecule has 0 radical (unpaired) electrons. The van der Waals surface area contributed by atoms with Crippen LogP contribution in [0, 0.1) is 11.3 Å². The van der Waals surface area contributed by atoms with Gasteiger partial charge >= 0.3 is 0 Å². The number of hydrogen-bond donors (Lipinski definition) is 2. The van der Waals surface area contributed by atoms with Crippen LogP contribution in [0.5, 0.6) is 11.5 Å². The number of amides is 1. The molecule has 1 amide bonds. The highest BCUT2D eigenvalue weighted by Gasteiger charge is 2.10. The summed E-state index contributed by atoms with van der Waals surface area (Å²) in [6.07, 6.45) is 1.44. The predicted molar refractivity (Wildman–Crippen MR) is 96.2 cm³/mol. The molecule has 6 heteroatoms. The van der Waals surface area contributed by atoms with Crippen LogP contribution in [0.4, 0.5) is 0 Å². The number of nitrogens with zero attached hydrogens (tertiary/aromatic N) is 1. The summed E-state index contributed by atoms with van der Waals surface area (Å²) in [5, 5.41) is 22.2. The molecule has 2 rings (SSSR count). The molecule has 0 saturated heterocycles. The summed E-state index contributed by atoms with van der Waals surface area (Å²) >= 11 is 5.82. The van der Waals surface area contributed by atoms with Crippen molar-refractivity contribution in [2.24, 2.45) is 0 Å². The van der Waals surface area contributed by atoms with Crippen LogP contribution in [0.2, 0.25) is 5.02 Å². The first-order chi connectivity index (χ1) is 12.0. The third-order valence-corrected chi connectivity index (χ3v) is 3.58. The zero-order chi connectivity index (χ0) is 18.2. The first-order valence-corrected chi connectivity index (χ1v) is 8.01. The van der Waals surface area contributed by atoms with Crippen molar-refractivity contribution < 1.29 is 14.6 Å². The number of phenolic OH excluding ortho intramolecular Hbond substituents is 1. The Morgan fingerprint density at radius 1 is 1.32 bits per heavy atom. The summed E-state index contributed by atoms with van der Waals surface area (Å²) in [6, 6.07) is 13.6. The number of rotatable bonds is 6. The Kier molecular flexibility index (Phi) is 6.44. The minimum absolute atomic E-state index is 0.00435. The molecule has 0 unspecified atom stereocenters. The van der Waals surface area contributed by atoms with Crippen molar-refractivity contribution in [1.82, 2.24) is 5.32 Å². The average Bonchev–Trinajstić information content (AvgIpc) is 2.61. The molecular formula is C19H17ClN2O3. The first kappa shape index (κ1) is 18.4. The molecule has 2 N–H and O–H groups in total. The standard InChI is InChI=1S/C19H17ClN2O3/c1-2-25-18-10-14(5-8-17(18)23)9-15(11-21)19(24)22-12-13-3-6-16(20)7-4-13/h3-10,23H,2,12H2,1H3,(H,22,24)/b15-9-. The van der Waals surface area contributed by atoms with Gasteiger partial charge in [-0.2, -0.15) is 5.26 Å². The lowest BCUT2D eigenvalue weighted by Crippen LogP contribution is -2.23. The van der Waals surface area contributed by atoms with E-state index in [0.29, 0.717) is 22.9 Å². The quantitative estimate of drug-likeness (QED) is 0.611. The molecule has 0 aliphatic carbocycles. The highest BCUT2D eigenvalue weighted by Crippen LogP contribution is 2.27. The molecule has 128 valence electrons. The van der Waals surface area contributed by atoms with E-state index in [4.69, 9.17) is 16.3 Å². The van der Waals surface area contributed by atoms with Crippen LogP contribution in [0.25, 0.3) is 6.08 Å². The van der Waals surface area contributed by atoms with E-state index in [1.54, 1.807) is 43.3 Å². The van der Waals surface area contributed by atoms with E-state index < -0.39 is 5.91 Å². The second kappa shape index (κ2) is 8.76. The van der Waals surface area contributed by atoms with E-state index in [-0.39, 0.29) is 17.9 Å². The van der Waals surface area contributed by atoms with Gasteiger partial charge in [0.1, 0.15) is 11.6 Å². The number of nitrogens with one attached hydrogen (secondary N) is 1. The van der Waals surface area contributed by atoms with Gasteiger partial charge in [0, 0.05) is 11.6 Å².